The number of aryl methyl sites for hydroxylation is 1. The lowest BCUT2D eigenvalue weighted by molar-refractivity contribution is 0.878. The number of benzene rings is 1. The van der Waals surface area contributed by atoms with Crippen LogP contribution < -0.4 is 0 Å². The van der Waals surface area contributed by atoms with E-state index in [2.05, 4.69) is 29.1 Å². The van der Waals surface area contributed by atoms with Crippen LogP contribution in [-0.4, -0.2) is 14.8 Å². The summed E-state index contributed by atoms with van der Waals surface area (Å²) in [7, 11) is 0. The molecule has 2 aromatic rings. The second kappa shape index (κ2) is 2.77. The van der Waals surface area contributed by atoms with Crippen LogP contribution in [0.4, 0.5) is 0 Å². The summed E-state index contributed by atoms with van der Waals surface area (Å²) in [4.78, 5) is 3.87. The van der Waals surface area contributed by atoms with Crippen LogP contribution >= 0.6 is 0 Å². The number of nitrogens with zero attached hydrogens (tertiary/aromatic N) is 3. The van der Waals surface area contributed by atoms with E-state index >= 15 is 0 Å². The quantitative estimate of drug-likeness (QED) is 0.632. The number of hydrogen-bond donors (Lipinski definition) is 0. The predicted octanol–water partition coefficient (Wildman–Crippen LogP) is 1.58. The maximum absolute atomic E-state index is 4.02. The van der Waals surface area contributed by atoms with Crippen molar-refractivity contribution in [1.29, 1.82) is 0 Å². The van der Waals surface area contributed by atoms with Crippen molar-refractivity contribution in [3.8, 4) is 5.69 Å². The van der Waals surface area contributed by atoms with E-state index in [0.29, 0.717) is 0 Å². The summed E-state index contributed by atoms with van der Waals surface area (Å²) < 4.78 is 1.74. The molecule has 0 unspecified atom stereocenters. The number of aromatic nitrogens is 3. The normalized spacial score (nSPS) is 10.1. The van der Waals surface area contributed by atoms with Gasteiger partial charge < -0.3 is 0 Å². The molecule has 0 atom stereocenters. The molecular weight excluding hydrogens is 150 g/mol. The van der Waals surface area contributed by atoms with Crippen LogP contribution in [0, 0.1) is 6.92 Å². The summed E-state index contributed by atoms with van der Waals surface area (Å²) in [5, 5.41) is 4.02. The highest BCUT2D eigenvalue weighted by atomic mass is 15.3. The molecule has 0 saturated carbocycles. The van der Waals surface area contributed by atoms with Crippen LogP contribution in [0.3, 0.4) is 0 Å². The Hall–Kier alpha value is -1.64. The molecule has 0 aliphatic rings. The predicted molar refractivity (Wildman–Crippen MR) is 46.1 cm³/mol. The monoisotopic (exact) mass is 159 g/mol. The molecule has 3 heteroatoms. The van der Waals surface area contributed by atoms with Crippen LogP contribution in [-0.2, 0) is 0 Å². The lowest BCUT2D eigenvalue weighted by Crippen LogP contribution is -1.93. The molecule has 1 heterocycles. The Morgan fingerprint density at radius 1 is 1.17 bits per heavy atom. The van der Waals surface area contributed by atoms with Crippen molar-refractivity contribution in [3.05, 3.63) is 42.5 Å². The highest BCUT2D eigenvalue weighted by molar-refractivity contribution is 5.32. The van der Waals surface area contributed by atoms with Gasteiger partial charge in [0.1, 0.15) is 12.7 Å². The molecule has 1 aromatic carbocycles. The summed E-state index contributed by atoms with van der Waals surface area (Å²) >= 11 is 0. The fraction of sp³-hybridized carbons (Fsp3) is 0.111. The van der Waals surface area contributed by atoms with E-state index < -0.39 is 0 Å². The first-order valence-electron chi connectivity index (χ1n) is 3.78. The molecule has 12 heavy (non-hydrogen) atoms. The standard InChI is InChI=1S/C9H9N3/c1-8-2-4-9(5-3-8)12-7-10-6-11-12/h2-7H,1H3. The van der Waals surface area contributed by atoms with Crippen LogP contribution in [0.1, 0.15) is 5.56 Å². The second-order valence-electron chi connectivity index (χ2n) is 2.68. The minimum atomic E-state index is 1.04. The van der Waals surface area contributed by atoms with Crippen molar-refractivity contribution in [1.82, 2.24) is 14.8 Å². The van der Waals surface area contributed by atoms with Gasteiger partial charge in [-0.15, -0.1) is 0 Å². The van der Waals surface area contributed by atoms with Gasteiger partial charge in [-0.2, -0.15) is 5.10 Å². The maximum atomic E-state index is 4.02. The second-order valence-corrected chi connectivity index (χ2v) is 2.68. The van der Waals surface area contributed by atoms with Gasteiger partial charge >= 0.3 is 0 Å². The van der Waals surface area contributed by atoms with Crippen LogP contribution in [0.5, 0.6) is 0 Å². The SMILES string of the molecule is Cc1ccc(-n2cncn2)cc1. The highest BCUT2D eigenvalue weighted by Crippen LogP contribution is 2.06. The molecule has 0 radical (unpaired) electrons. The molecular formula is C9H9N3. The molecule has 0 aliphatic heterocycles. The van der Waals surface area contributed by atoms with Crippen molar-refractivity contribution in [2.24, 2.45) is 0 Å². The molecule has 0 saturated heterocycles. The van der Waals surface area contributed by atoms with Crippen molar-refractivity contribution < 1.29 is 0 Å². The van der Waals surface area contributed by atoms with Crippen molar-refractivity contribution in [2.75, 3.05) is 0 Å². The van der Waals surface area contributed by atoms with E-state index in [4.69, 9.17) is 0 Å². The molecule has 0 N–H and O–H groups in total. The Balaban J connectivity index is 2.43. The number of hydrogen-bond acceptors (Lipinski definition) is 2. The molecule has 0 spiro atoms. The highest BCUT2D eigenvalue weighted by Gasteiger charge is 1.93. The Kier molecular flexibility index (Phi) is 1.63. The van der Waals surface area contributed by atoms with Gasteiger partial charge in [0.25, 0.3) is 0 Å². The van der Waals surface area contributed by atoms with Gasteiger partial charge in [-0.05, 0) is 19.1 Å². The Morgan fingerprint density at radius 3 is 2.50 bits per heavy atom. The Labute approximate surface area is 70.7 Å². The zero-order valence-corrected chi connectivity index (χ0v) is 6.81. The zero-order valence-electron chi connectivity index (χ0n) is 6.81. The van der Waals surface area contributed by atoms with Gasteiger partial charge in [-0.3, -0.25) is 0 Å². The fourth-order valence-corrected chi connectivity index (χ4v) is 1.04. The molecule has 1 aromatic heterocycles. The molecule has 60 valence electrons. The minimum Gasteiger partial charge on any atom is -0.223 e. The lowest BCUT2D eigenvalue weighted by atomic mass is 10.2. The third-order valence-corrected chi connectivity index (χ3v) is 1.72. The lowest BCUT2D eigenvalue weighted by Gasteiger charge is -1.99. The van der Waals surface area contributed by atoms with Crippen LogP contribution in [0.2, 0.25) is 0 Å². The Morgan fingerprint density at radius 2 is 1.92 bits per heavy atom. The van der Waals surface area contributed by atoms with Crippen LogP contribution in [0.15, 0.2) is 36.9 Å². The zero-order chi connectivity index (χ0) is 8.39. The van der Waals surface area contributed by atoms with Gasteiger partial charge in [0.15, 0.2) is 0 Å². The summed E-state index contributed by atoms with van der Waals surface area (Å²) in [6.07, 6.45) is 3.21. The van der Waals surface area contributed by atoms with Crippen molar-refractivity contribution in [2.45, 2.75) is 6.92 Å². The topological polar surface area (TPSA) is 30.7 Å². The first-order valence-corrected chi connectivity index (χ1v) is 3.78. The van der Waals surface area contributed by atoms with Crippen LogP contribution in [0.25, 0.3) is 5.69 Å². The molecule has 0 aliphatic carbocycles. The van der Waals surface area contributed by atoms with E-state index in [9.17, 15) is 0 Å². The van der Waals surface area contributed by atoms with Gasteiger partial charge in [-0.1, -0.05) is 17.7 Å². The summed E-state index contributed by atoms with van der Waals surface area (Å²) in [6.45, 7) is 2.06. The first-order chi connectivity index (χ1) is 5.86. The van der Waals surface area contributed by atoms with Gasteiger partial charge in [0.2, 0.25) is 0 Å². The van der Waals surface area contributed by atoms with Gasteiger partial charge in [0, 0.05) is 0 Å². The van der Waals surface area contributed by atoms with E-state index in [1.165, 1.54) is 11.9 Å². The number of rotatable bonds is 1. The summed E-state index contributed by atoms with van der Waals surface area (Å²) in [5.41, 5.74) is 2.29. The average molecular weight is 159 g/mol. The summed E-state index contributed by atoms with van der Waals surface area (Å²) in [6, 6.07) is 8.14. The van der Waals surface area contributed by atoms with Gasteiger partial charge in [-0.25, -0.2) is 9.67 Å². The third-order valence-electron chi connectivity index (χ3n) is 1.72. The average Bonchev–Trinajstić information content (AvgIpc) is 2.58. The van der Waals surface area contributed by atoms with Crippen molar-refractivity contribution in [3.63, 3.8) is 0 Å². The summed E-state index contributed by atoms with van der Waals surface area (Å²) in [5.74, 6) is 0. The van der Waals surface area contributed by atoms with Crippen molar-refractivity contribution >= 4 is 0 Å². The first kappa shape index (κ1) is 7.03. The van der Waals surface area contributed by atoms with E-state index in [1.54, 1.807) is 11.0 Å². The molecule has 0 fully saturated rings. The van der Waals surface area contributed by atoms with Gasteiger partial charge in [0.05, 0.1) is 5.69 Å². The van der Waals surface area contributed by atoms with E-state index in [0.717, 1.165) is 5.69 Å². The molecule has 0 amide bonds. The molecule has 3 nitrogen and oxygen atoms in total. The molecule has 0 bridgehead atoms. The Bertz CT molecular complexity index is 348. The third kappa shape index (κ3) is 1.21. The largest absolute Gasteiger partial charge is 0.223 e. The fourth-order valence-electron chi connectivity index (χ4n) is 1.04. The van der Waals surface area contributed by atoms with E-state index in [-0.39, 0.29) is 0 Å². The smallest absolute Gasteiger partial charge is 0.138 e. The molecule has 2 rings (SSSR count). The maximum Gasteiger partial charge on any atom is 0.138 e. The van der Waals surface area contributed by atoms with E-state index in [1.807, 2.05) is 12.1 Å². The minimum absolute atomic E-state index is 1.04.